The number of rotatable bonds is 8. The van der Waals surface area contributed by atoms with Crippen LogP contribution in [0.25, 0.3) is 5.82 Å². The van der Waals surface area contributed by atoms with Crippen LogP contribution in [-0.4, -0.2) is 43.2 Å². The van der Waals surface area contributed by atoms with Gasteiger partial charge in [-0.25, -0.2) is 9.97 Å². The smallest absolute Gasteiger partial charge is 0.287 e. The highest BCUT2D eigenvalue weighted by molar-refractivity contribution is 6.38. The molecule has 3 rings (SSSR count). The molecule has 3 aromatic rings. The van der Waals surface area contributed by atoms with Gasteiger partial charge in [-0.3, -0.25) is 19.0 Å². The molecule has 0 radical (unpaired) electrons. The Morgan fingerprint density at radius 3 is 2.71 bits per heavy atom. The van der Waals surface area contributed by atoms with Crippen LogP contribution < -0.4 is 11.1 Å². The van der Waals surface area contributed by atoms with Crippen molar-refractivity contribution in [3.8, 4) is 5.82 Å². The number of aryl methyl sites for hydroxylation is 2. The molecule has 9 nitrogen and oxygen atoms in total. The zero-order chi connectivity index (χ0) is 20.1. The van der Waals surface area contributed by atoms with Crippen LogP contribution in [0, 0.1) is 6.92 Å². The molecule has 0 aliphatic heterocycles. The third kappa shape index (κ3) is 4.14. The van der Waals surface area contributed by atoms with Crippen LogP contribution in [0.15, 0.2) is 49.1 Å². The molecule has 0 bridgehead atoms. The van der Waals surface area contributed by atoms with Crippen LogP contribution >= 0.6 is 0 Å². The van der Waals surface area contributed by atoms with Crippen molar-refractivity contribution in [3.05, 3.63) is 66.1 Å². The van der Waals surface area contributed by atoms with Gasteiger partial charge in [0.15, 0.2) is 0 Å². The van der Waals surface area contributed by atoms with Crippen molar-refractivity contribution in [1.29, 1.82) is 0 Å². The highest BCUT2D eigenvalue weighted by Crippen LogP contribution is 2.13. The molecular weight excluding hydrogens is 360 g/mol. The number of aromatic nitrogens is 4. The summed E-state index contributed by atoms with van der Waals surface area (Å²) in [6.45, 7) is 1.74. The first-order valence-corrected chi connectivity index (χ1v) is 8.69. The molecule has 0 fully saturated rings. The van der Waals surface area contributed by atoms with E-state index >= 15 is 0 Å². The number of ketones is 1. The lowest BCUT2D eigenvalue weighted by Gasteiger charge is -2.17. The fourth-order valence-corrected chi connectivity index (χ4v) is 2.88. The average Bonchev–Trinajstić information content (AvgIpc) is 3.34. The topological polar surface area (TPSA) is 136 Å². The molecule has 0 saturated carbocycles. The van der Waals surface area contributed by atoms with Crippen LogP contribution in [0.5, 0.6) is 0 Å². The van der Waals surface area contributed by atoms with Gasteiger partial charge in [0.05, 0.1) is 12.2 Å². The van der Waals surface area contributed by atoms with Crippen molar-refractivity contribution in [2.45, 2.75) is 25.8 Å². The Morgan fingerprint density at radius 1 is 1.25 bits per heavy atom. The number of carbonyl (C=O) groups is 3. The molecule has 1 atom stereocenters. The van der Waals surface area contributed by atoms with Crippen molar-refractivity contribution in [3.63, 3.8) is 0 Å². The minimum Gasteiger partial charge on any atom is -0.367 e. The molecule has 0 spiro atoms. The summed E-state index contributed by atoms with van der Waals surface area (Å²) in [6.07, 6.45) is 7.28. The molecular formula is C19H20N6O3. The van der Waals surface area contributed by atoms with Crippen molar-refractivity contribution >= 4 is 17.6 Å². The van der Waals surface area contributed by atoms with E-state index in [0.717, 1.165) is 5.56 Å². The van der Waals surface area contributed by atoms with E-state index in [1.54, 1.807) is 48.3 Å². The number of aromatic amines is 1. The van der Waals surface area contributed by atoms with Gasteiger partial charge in [-0.2, -0.15) is 0 Å². The summed E-state index contributed by atoms with van der Waals surface area (Å²) in [7, 11) is 0. The van der Waals surface area contributed by atoms with Gasteiger partial charge >= 0.3 is 0 Å². The number of hydrogen-bond acceptors (Lipinski definition) is 5. The lowest BCUT2D eigenvalue weighted by atomic mass is 10.0. The highest BCUT2D eigenvalue weighted by atomic mass is 16.2. The Kier molecular flexibility index (Phi) is 5.64. The summed E-state index contributed by atoms with van der Waals surface area (Å²) in [5.74, 6) is -1.39. The Hall–Kier alpha value is -3.75. The number of primary amides is 1. The summed E-state index contributed by atoms with van der Waals surface area (Å²) in [4.78, 5) is 47.8. The molecule has 0 aliphatic carbocycles. The number of H-pyrrole nitrogens is 1. The third-order valence-electron chi connectivity index (χ3n) is 4.30. The largest absolute Gasteiger partial charge is 0.367 e. The molecule has 3 aromatic heterocycles. The maximum Gasteiger partial charge on any atom is 0.287 e. The molecule has 144 valence electrons. The maximum absolute atomic E-state index is 12.8. The van der Waals surface area contributed by atoms with Crippen molar-refractivity contribution in [2.75, 3.05) is 0 Å². The Balaban J connectivity index is 1.82. The van der Waals surface area contributed by atoms with Crippen molar-refractivity contribution < 1.29 is 14.4 Å². The number of amides is 2. The van der Waals surface area contributed by atoms with Gasteiger partial charge in [0.25, 0.3) is 11.8 Å². The summed E-state index contributed by atoms with van der Waals surface area (Å²) < 4.78 is 1.58. The number of hydrogen-bond donors (Lipinski definition) is 3. The third-order valence-corrected chi connectivity index (χ3v) is 4.30. The Bertz CT molecular complexity index is 979. The predicted octanol–water partition coefficient (Wildman–Crippen LogP) is 0.689. The zero-order valence-electron chi connectivity index (χ0n) is 15.3. The minimum atomic E-state index is -1.09. The standard InChI is InChI=1S/C19H20N6O3/c1-12-23-11-15(25(12)16-4-2-3-8-22-16)19(28)24-14(17(26)18(20)27)6-5-13-7-9-21-10-13/h2-4,7-11,14,21H,5-6H2,1H3,(H2,20,27)(H,24,28). The van der Waals surface area contributed by atoms with Gasteiger partial charge in [-0.15, -0.1) is 0 Å². The van der Waals surface area contributed by atoms with E-state index in [9.17, 15) is 14.4 Å². The van der Waals surface area contributed by atoms with Gasteiger partial charge in [0.2, 0.25) is 5.78 Å². The van der Waals surface area contributed by atoms with Crippen molar-refractivity contribution in [2.24, 2.45) is 5.73 Å². The number of Topliss-reactive ketones (excluding diaryl/α,β-unsaturated/α-hetero) is 1. The van der Waals surface area contributed by atoms with E-state index in [1.807, 2.05) is 6.07 Å². The summed E-state index contributed by atoms with van der Waals surface area (Å²) >= 11 is 0. The number of nitrogens with one attached hydrogen (secondary N) is 2. The number of nitrogens with two attached hydrogens (primary N) is 1. The van der Waals surface area contributed by atoms with E-state index in [4.69, 9.17) is 5.73 Å². The van der Waals surface area contributed by atoms with E-state index in [2.05, 4.69) is 20.3 Å². The molecule has 0 saturated heterocycles. The molecule has 9 heteroatoms. The lowest BCUT2D eigenvalue weighted by Crippen LogP contribution is -2.46. The second-order valence-corrected chi connectivity index (χ2v) is 6.23. The maximum atomic E-state index is 12.8. The summed E-state index contributed by atoms with van der Waals surface area (Å²) in [5.41, 5.74) is 6.31. The second-order valence-electron chi connectivity index (χ2n) is 6.23. The van der Waals surface area contributed by atoms with Gasteiger partial charge in [-0.05, 0) is 43.5 Å². The molecule has 3 heterocycles. The molecule has 0 aliphatic rings. The minimum absolute atomic E-state index is 0.208. The van der Waals surface area contributed by atoms with Crippen LogP contribution in [0.4, 0.5) is 0 Å². The van der Waals surface area contributed by atoms with Gasteiger partial charge in [-0.1, -0.05) is 6.07 Å². The Labute approximate surface area is 161 Å². The van der Waals surface area contributed by atoms with E-state index in [0.29, 0.717) is 18.1 Å². The SMILES string of the molecule is Cc1ncc(C(=O)NC(CCc2cc[nH]c2)C(=O)C(N)=O)n1-c1ccccn1. The molecule has 0 aromatic carbocycles. The molecule has 4 N–H and O–H groups in total. The van der Waals surface area contributed by atoms with Crippen LogP contribution in [0.1, 0.15) is 28.3 Å². The van der Waals surface area contributed by atoms with E-state index in [-0.39, 0.29) is 12.1 Å². The second kappa shape index (κ2) is 8.30. The fourth-order valence-electron chi connectivity index (χ4n) is 2.88. The van der Waals surface area contributed by atoms with Gasteiger partial charge < -0.3 is 16.0 Å². The number of nitrogens with zero attached hydrogens (tertiary/aromatic N) is 3. The molecule has 2 amide bonds. The zero-order valence-corrected chi connectivity index (χ0v) is 15.3. The summed E-state index contributed by atoms with van der Waals surface area (Å²) in [6, 6.07) is 6.11. The first-order valence-electron chi connectivity index (χ1n) is 8.69. The molecule has 28 heavy (non-hydrogen) atoms. The molecule has 1 unspecified atom stereocenters. The first kappa shape index (κ1) is 19.0. The van der Waals surface area contributed by atoms with Crippen LogP contribution in [0.2, 0.25) is 0 Å². The number of carbonyl (C=O) groups excluding carboxylic acids is 3. The van der Waals surface area contributed by atoms with E-state index < -0.39 is 23.6 Å². The van der Waals surface area contributed by atoms with Crippen LogP contribution in [-0.2, 0) is 16.0 Å². The lowest BCUT2D eigenvalue weighted by molar-refractivity contribution is -0.137. The average molecular weight is 380 g/mol. The Morgan fingerprint density at radius 2 is 2.07 bits per heavy atom. The van der Waals surface area contributed by atoms with E-state index in [1.165, 1.54) is 6.20 Å². The summed E-state index contributed by atoms with van der Waals surface area (Å²) in [5, 5.41) is 2.61. The van der Waals surface area contributed by atoms with Gasteiger partial charge in [0.1, 0.15) is 17.3 Å². The van der Waals surface area contributed by atoms with Gasteiger partial charge in [0, 0.05) is 18.6 Å². The number of pyridine rings is 1. The highest BCUT2D eigenvalue weighted by Gasteiger charge is 2.27. The van der Waals surface area contributed by atoms with Crippen molar-refractivity contribution in [1.82, 2.24) is 24.8 Å². The fraction of sp³-hybridized carbons (Fsp3) is 0.211. The monoisotopic (exact) mass is 380 g/mol. The number of imidazole rings is 1. The normalized spacial score (nSPS) is 11.8. The predicted molar refractivity (Wildman–Crippen MR) is 101 cm³/mol. The quantitative estimate of drug-likeness (QED) is 0.494. The first-order chi connectivity index (χ1) is 13.5. The van der Waals surface area contributed by atoms with Crippen LogP contribution in [0.3, 0.4) is 0 Å².